The Kier molecular flexibility index (Phi) is 5.27. The highest BCUT2D eigenvalue weighted by atomic mass is 16.8. The van der Waals surface area contributed by atoms with E-state index in [2.05, 4.69) is 6.08 Å². The first-order chi connectivity index (χ1) is 12.2. The molecule has 3 aliphatic rings. The van der Waals surface area contributed by atoms with E-state index in [0.29, 0.717) is 13.0 Å². The summed E-state index contributed by atoms with van der Waals surface area (Å²) < 4.78 is 28.1. The molecule has 26 heavy (non-hydrogen) atoms. The molecule has 0 aromatic carbocycles. The molecule has 0 spiro atoms. The molecule has 0 aromatic rings. The molecule has 0 radical (unpaired) electrons. The van der Waals surface area contributed by atoms with Crippen LogP contribution in [0.5, 0.6) is 0 Å². The average Bonchev–Trinajstić information content (AvgIpc) is 2.88. The zero-order valence-corrected chi connectivity index (χ0v) is 16.1. The lowest BCUT2D eigenvalue weighted by Crippen LogP contribution is -2.63. The molecule has 146 valence electrons. The van der Waals surface area contributed by atoms with Crippen molar-refractivity contribution in [1.29, 1.82) is 0 Å². The summed E-state index contributed by atoms with van der Waals surface area (Å²) in [7, 11) is 1.56. The Labute approximate surface area is 153 Å². The van der Waals surface area contributed by atoms with Crippen LogP contribution in [-0.2, 0) is 33.3 Å². The lowest BCUT2D eigenvalue weighted by molar-refractivity contribution is -0.188. The Bertz CT molecular complexity index is 611. The first-order valence-electron chi connectivity index (χ1n) is 9.03. The van der Waals surface area contributed by atoms with Crippen LogP contribution in [0.2, 0.25) is 0 Å². The highest BCUT2D eigenvalue weighted by Crippen LogP contribution is 2.54. The van der Waals surface area contributed by atoms with Gasteiger partial charge in [0.1, 0.15) is 25.1 Å². The SMILES string of the molecule is COCOCC1=CCC[C@@H]2C(=O)[C@@H]3OC(C)(C)O[C@@H]3[C@H](OC(C)=O)[C@]12C. The fourth-order valence-electron chi connectivity index (χ4n) is 4.57. The topological polar surface area (TPSA) is 80.3 Å². The molecule has 0 N–H and O–H groups in total. The van der Waals surface area contributed by atoms with E-state index >= 15 is 0 Å². The first kappa shape index (κ1) is 19.5. The Balaban J connectivity index is 2.00. The standard InChI is InChI=1S/C19H28O7/c1-11(20)24-17-16-15(25-18(2,3)26-16)14(21)13-8-6-7-12(19(13,17)4)9-23-10-22-5/h7,13,15-17H,6,8-10H2,1-5H3/t13-,15+,16+,17+,19-/m1/s1. The Morgan fingerprint density at radius 2 is 2.04 bits per heavy atom. The maximum atomic E-state index is 13.2. The lowest BCUT2D eigenvalue weighted by atomic mass is 9.56. The van der Waals surface area contributed by atoms with Gasteiger partial charge in [-0.05, 0) is 32.3 Å². The summed E-state index contributed by atoms with van der Waals surface area (Å²) in [5.41, 5.74) is 0.247. The fourth-order valence-corrected chi connectivity index (χ4v) is 4.57. The van der Waals surface area contributed by atoms with Gasteiger partial charge in [0.15, 0.2) is 11.6 Å². The van der Waals surface area contributed by atoms with Gasteiger partial charge in [0.25, 0.3) is 0 Å². The van der Waals surface area contributed by atoms with Crippen LogP contribution in [0.1, 0.15) is 40.5 Å². The predicted molar refractivity (Wildman–Crippen MR) is 91.1 cm³/mol. The van der Waals surface area contributed by atoms with Crippen molar-refractivity contribution in [3.05, 3.63) is 11.6 Å². The normalized spacial score (nSPS) is 38.3. The van der Waals surface area contributed by atoms with Gasteiger partial charge in [0, 0.05) is 25.4 Å². The Morgan fingerprint density at radius 3 is 2.69 bits per heavy atom. The van der Waals surface area contributed by atoms with Crippen LogP contribution < -0.4 is 0 Å². The van der Waals surface area contributed by atoms with Crippen LogP contribution in [0.25, 0.3) is 0 Å². The number of hydrogen-bond donors (Lipinski definition) is 0. The van der Waals surface area contributed by atoms with Crippen molar-refractivity contribution < 1.29 is 33.3 Å². The van der Waals surface area contributed by atoms with Gasteiger partial charge in [0.05, 0.1) is 6.61 Å². The summed E-state index contributed by atoms with van der Waals surface area (Å²) in [4.78, 5) is 25.1. The molecule has 0 unspecified atom stereocenters. The summed E-state index contributed by atoms with van der Waals surface area (Å²) in [6.07, 6.45) is 1.57. The van der Waals surface area contributed by atoms with Gasteiger partial charge in [-0.3, -0.25) is 9.59 Å². The molecule has 1 aliphatic heterocycles. The minimum atomic E-state index is -0.899. The predicted octanol–water partition coefficient (Wildman–Crippen LogP) is 1.98. The number of ketones is 1. The maximum Gasteiger partial charge on any atom is 0.303 e. The van der Waals surface area contributed by atoms with E-state index in [1.54, 1.807) is 21.0 Å². The number of carbonyl (C=O) groups is 2. The van der Waals surface area contributed by atoms with Gasteiger partial charge in [0.2, 0.25) is 0 Å². The summed E-state index contributed by atoms with van der Waals surface area (Å²) in [6.45, 7) is 7.35. The number of Topliss-reactive ketones (excluding diaryl/α,β-unsaturated/α-hetero) is 1. The molecule has 0 bridgehead atoms. The number of methoxy groups -OCH3 is 1. The number of esters is 1. The van der Waals surface area contributed by atoms with Crippen molar-refractivity contribution in [2.75, 3.05) is 20.5 Å². The Morgan fingerprint density at radius 1 is 1.31 bits per heavy atom. The number of hydrogen-bond acceptors (Lipinski definition) is 7. The molecule has 0 aromatic heterocycles. The quantitative estimate of drug-likeness (QED) is 0.318. The number of allylic oxidation sites excluding steroid dienone is 1. The van der Waals surface area contributed by atoms with E-state index in [1.165, 1.54) is 6.92 Å². The van der Waals surface area contributed by atoms with Gasteiger partial charge in [-0.15, -0.1) is 0 Å². The van der Waals surface area contributed by atoms with Crippen molar-refractivity contribution in [3.63, 3.8) is 0 Å². The first-order valence-corrected chi connectivity index (χ1v) is 9.03. The third-order valence-electron chi connectivity index (χ3n) is 5.66. The zero-order valence-electron chi connectivity index (χ0n) is 16.1. The average molecular weight is 368 g/mol. The number of ether oxygens (including phenoxy) is 5. The number of rotatable bonds is 5. The molecular weight excluding hydrogens is 340 g/mol. The largest absolute Gasteiger partial charge is 0.459 e. The molecule has 1 saturated heterocycles. The summed E-state index contributed by atoms with van der Waals surface area (Å²) >= 11 is 0. The third kappa shape index (κ3) is 3.22. The molecule has 7 heteroatoms. The van der Waals surface area contributed by atoms with Crippen molar-refractivity contribution in [1.82, 2.24) is 0 Å². The van der Waals surface area contributed by atoms with Crippen LogP contribution in [0, 0.1) is 11.3 Å². The van der Waals surface area contributed by atoms with Crippen LogP contribution in [0.4, 0.5) is 0 Å². The van der Waals surface area contributed by atoms with E-state index in [4.69, 9.17) is 23.7 Å². The van der Waals surface area contributed by atoms with Gasteiger partial charge >= 0.3 is 5.97 Å². The molecule has 5 atom stereocenters. The van der Waals surface area contributed by atoms with Crippen molar-refractivity contribution in [2.45, 2.75) is 64.6 Å². The van der Waals surface area contributed by atoms with Gasteiger partial charge in [-0.1, -0.05) is 13.0 Å². The minimum Gasteiger partial charge on any atom is -0.459 e. The fraction of sp³-hybridized carbons (Fsp3) is 0.789. The smallest absolute Gasteiger partial charge is 0.303 e. The molecule has 2 fully saturated rings. The van der Waals surface area contributed by atoms with E-state index in [-0.39, 0.29) is 18.5 Å². The monoisotopic (exact) mass is 368 g/mol. The molecule has 2 aliphatic carbocycles. The van der Waals surface area contributed by atoms with E-state index in [1.807, 2.05) is 6.92 Å². The number of fused-ring (bicyclic) bond motifs is 2. The number of carbonyl (C=O) groups excluding carboxylic acids is 2. The second-order valence-corrected chi connectivity index (χ2v) is 7.85. The van der Waals surface area contributed by atoms with Gasteiger partial charge < -0.3 is 23.7 Å². The van der Waals surface area contributed by atoms with Crippen LogP contribution in [-0.4, -0.2) is 56.4 Å². The molecule has 1 heterocycles. The summed E-state index contributed by atoms with van der Waals surface area (Å²) in [5, 5.41) is 0. The van der Waals surface area contributed by atoms with Gasteiger partial charge in [-0.25, -0.2) is 0 Å². The molecule has 3 rings (SSSR count). The highest BCUT2D eigenvalue weighted by Gasteiger charge is 2.65. The maximum absolute atomic E-state index is 13.2. The van der Waals surface area contributed by atoms with E-state index in [9.17, 15) is 9.59 Å². The lowest BCUT2D eigenvalue weighted by Gasteiger charge is -2.51. The Hall–Kier alpha value is -1.28. The second kappa shape index (κ2) is 7.03. The zero-order chi connectivity index (χ0) is 19.1. The summed E-state index contributed by atoms with van der Waals surface area (Å²) in [6, 6.07) is 0. The van der Waals surface area contributed by atoms with Crippen LogP contribution >= 0.6 is 0 Å². The molecule has 1 saturated carbocycles. The van der Waals surface area contributed by atoms with Crippen molar-refractivity contribution in [2.24, 2.45) is 11.3 Å². The van der Waals surface area contributed by atoms with Gasteiger partial charge in [-0.2, -0.15) is 0 Å². The van der Waals surface area contributed by atoms with Crippen molar-refractivity contribution >= 4 is 11.8 Å². The van der Waals surface area contributed by atoms with Crippen molar-refractivity contribution in [3.8, 4) is 0 Å². The van der Waals surface area contributed by atoms with E-state index < -0.39 is 35.5 Å². The summed E-state index contributed by atoms with van der Waals surface area (Å²) in [5.74, 6) is -1.59. The second-order valence-electron chi connectivity index (χ2n) is 7.85. The molecule has 0 amide bonds. The van der Waals surface area contributed by atoms with Crippen LogP contribution in [0.15, 0.2) is 11.6 Å². The molecular formula is C19H28O7. The molecule has 7 nitrogen and oxygen atoms in total. The van der Waals surface area contributed by atoms with E-state index in [0.717, 1.165) is 12.0 Å². The highest BCUT2D eigenvalue weighted by molar-refractivity contribution is 5.89. The minimum absolute atomic E-state index is 0.0174. The van der Waals surface area contributed by atoms with Crippen LogP contribution in [0.3, 0.4) is 0 Å². The third-order valence-corrected chi connectivity index (χ3v) is 5.66.